The number of benzene rings is 11. The Bertz CT molecular complexity index is 5950. The van der Waals surface area contributed by atoms with Gasteiger partial charge >= 0.3 is 30.2 Å². The molecule has 144 heavy (non-hydrogen) atoms. The SMILES string of the molecule is COc1ccc(CC2C(=O)NC(=O)N(C(c3ccccc3)c3ccccc3)C2=O)cc1.O=C1C(Cc2ccccc2)C(=O)N(C2CCCCC2)C(=O)N1C1CCCCC1.O=C1C(c2ccccc2)C(=O)N(C2CCCCC2)C(=O)N1C1CCCCC1.O=C1NC(=O)N(C(c2ccccc2)c2ccccc2)C(=O)C1Cc1ccccc1.O=C1NC(=O)N(Cc2ccccc2)C(=O)C1C(c1ccccc1)c1ccccc1. The lowest BCUT2D eigenvalue weighted by Crippen LogP contribution is -2.65. The van der Waals surface area contributed by atoms with Crippen LogP contribution < -0.4 is 20.7 Å². The van der Waals surface area contributed by atoms with E-state index in [2.05, 4.69) is 16.0 Å². The van der Waals surface area contributed by atoms with E-state index in [9.17, 15) is 71.9 Å². The van der Waals surface area contributed by atoms with Crippen molar-refractivity contribution in [1.29, 1.82) is 0 Å². The molecule has 20 amide bonds. The van der Waals surface area contributed by atoms with Gasteiger partial charge in [0.25, 0.3) is 0 Å². The van der Waals surface area contributed by atoms with Gasteiger partial charge in [-0.3, -0.25) is 98.2 Å². The fourth-order valence-corrected chi connectivity index (χ4v) is 21.3. The molecule has 4 aliphatic carbocycles. The molecule has 4 saturated carbocycles. The van der Waals surface area contributed by atoms with Gasteiger partial charge in [-0.2, -0.15) is 0 Å². The van der Waals surface area contributed by atoms with E-state index < -0.39 is 101 Å². The van der Waals surface area contributed by atoms with Gasteiger partial charge in [-0.1, -0.05) is 393 Å². The highest BCUT2D eigenvalue weighted by molar-refractivity contribution is 6.21. The monoisotopic (exact) mass is 1930 g/mol. The second-order valence-electron chi connectivity index (χ2n) is 37.9. The lowest BCUT2D eigenvalue weighted by atomic mass is 9.78. The van der Waals surface area contributed by atoms with Crippen LogP contribution in [0.1, 0.15) is 214 Å². The zero-order valence-corrected chi connectivity index (χ0v) is 80.7. The highest BCUT2D eigenvalue weighted by Gasteiger charge is 2.55. The molecule has 11 aromatic rings. The highest BCUT2D eigenvalue weighted by atomic mass is 16.5. The van der Waals surface area contributed by atoms with Gasteiger partial charge in [0.15, 0.2) is 0 Å². The normalized spacial score (nSPS) is 19.3. The second-order valence-corrected chi connectivity index (χ2v) is 37.9. The first kappa shape index (κ1) is 101. The summed E-state index contributed by atoms with van der Waals surface area (Å²) in [5.74, 6) is -8.83. The van der Waals surface area contributed by atoms with Gasteiger partial charge in [0, 0.05) is 30.1 Å². The molecule has 26 nitrogen and oxygen atoms in total. The number of barbiturate groups is 5. The number of amides is 20. The second kappa shape index (κ2) is 48.6. The van der Waals surface area contributed by atoms with Crippen molar-refractivity contribution in [3.8, 4) is 5.75 Å². The van der Waals surface area contributed by atoms with Crippen LogP contribution in [-0.4, -0.2) is 155 Å². The van der Waals surface area contributed by atoms with E-state index in [1.54, 1.807) is 19.2 Å². The van der Waals surface area contributed by atoms with Crippen molar-refractivity contribution >= 4 is 89.2 Å². The van der Waals surface area contributed by atoms with Crippen LogP contribution >= 0.6 is 0 Å². The Morgan fingerprint density at radius 1 is 0.264 bits per heavy atom. The van der Waals surface area contributed by atoms with Crippen LogP contribution in [0.4, 0.5) is 24.0 Å². The number of nitrogens with zero attached hydrogens (tertiary/aromatic N) is 7. The van der Waals surface area contributed by atoms with Gasteiger partial charge in [0.05, 0.1) is 25.7 Å². The number of ether oxygens (including phenoxy) is 1. The molecule has 5 saturated heterocycles. The maximum atomic E-state index is 13.5. The summed E-state index contributed by atoms with van der Waals surface area (Å²) in [6.07, 6.45) is 20.6. The average molecular weight is 1930 g/mol. The van der Waals surface area contributed by atoms with Crippen LogP contribution in [0, 0.1) is 23.7 Å². The Balaban J connectivity index is 0.000000129. The van der Waals surface area contributed by atoms with Crippen LogP contribution in [0.3, 0.4) is 0 Å². The Morgan fingerprint density at radius 3 is 0.854 bits per heavy atom. The van der Waals surface area contributed by atoms with Gasteiger partial charge in [-0.25, -0.2) is 24.0 Å². The summed E-state index contributed by atoms with van der Waals surface area (Å²) in [6.45, 7) is 0.117. The van der Waals surface area contributed by atoms with Crippen LogP contribution in [0.25, 0.3) is 0 Å². The third-order valence-corrected chi connectivity index (χ3v) is 28.6. The minimum Gasteiger partial charge on any atom is -0.497 e. The molecule has 9 aliphatic rings. The van der Waals surface area contributed by atoms with Gasteiger partial charge in [-0.15, -0.1) is 0 Å². The first-order valence-corrected chi connectivity index (χ1v) is 50.2. The maximum Gasteiger partial charge on any atom is 0.333 e. The maximum absolute atomic E-state index is 13.5. The minimum atomic E-state index is -1.03. The molecule has 3 N–H and O–H groups in total. The number of methoxy groups -OCH3 is 1. The van der Waals surface area contributed by atoms with Crippen LogP contribution in [-0.2, 0) is 73.8 Å². The fraction of sp³-hybridized carbons (Fsp3) is 0.314. The molecule has 26 heteroatoms. The summed E-state index contributed by atoms with van der Waals surface area (Å²) in [7, 11) is 1.57. The van der Waals surface area contributed by atoms with Gasteiger partial charge < -0.3 is 4.74 Å². The third-order valence-electron chi connectivity index (χ3n) is 28.6. The number of urea groups is 5. The molecule has 9 fully saturated rings. The Labute approximate surface area is 838 Å². The number of nitrogens with one attached hydrogen (secondary N) is 3. The molecule has 20 rings (SSSR count). The van der Waals surface area contributed by atoms with E-state index in [0.29, 0.717) is 17.7 Å². The lowest BCUT2D eigenvalue weighted by molar-refractivity contribution is -0.154. The quantitative estimate of drug-likeness (QED) is 0.0501. The highest BCUT2D eigenvalue weighted by Crippen LogP contribution is 2.42. The molecule has 11 aromatic carbocycles. The van der Waals surface area contributed by atoms with Crippen molar-refractivity contribution < 1.29 is 76.7 Å². The first-order valence-electron chi connectivity index (χ1n) is 50.2. The summed E-state index contributed by atoms with van der Waals surface area (Å²) < 4.78 is 5.16. The number of imide groups is 10. The van der Waals surface area contributed by atoms with E-state index in [-0.39, 0.29) is 79.2 Å². The summed E-state index contributed by atoms with van der Waals surface area (Å²) in [5.41, 5.74) is 9.03. The molecule has 0 aromatic heterocycles. The van der Waals surface area contributed by atoms with E-state index in [1.165, 1.54) is 29.4 Å². The summed E-state index contributed by atoms with van der Waals surface area (Å²) in [4.78, 5) is 206. The largest absolute Gasteiger partial charge is 0.497 e. The molecule has 5 aliphatic heterocycles. The van der Waals surface area contributed by atoms with Crippen LogP contribution in [0.5, 0.6) is 5.75 Å². The molecule has 0 spiro atoms. The summed E-state index contributed by atoms with van der Waals surface area (Å²) in [5, 5.41) is 7.13. The first-order chi connectivity index (χ1) is 70.2. The summed E-state index contributed by atoms with van der Waals surface area (Å²) >= 11 is 0. The zero-order valence-electron chi connectivity index (χ0n) is 80.7. The van der Waals surface area contributed by atoms with Crippen molar-refractivity contribution in [1.82, 2.24) is 50.2 Å². The molecular weight excluding hydrogens is 1810 g/mol. The molecular formula is C118H120N10O16. The van der Waals surface area contributed by atoms with Crippen molar-refractivity contribution in [2.45, 2.75) is 202 Å². The fourth-order valence-electron chi connectivity index (χ4n) is 21.3. The van der Waals surface area contributed by atoms with Crippen molar-refractivity contribution in [3.63, 3.8) is 0 Å². The molecule has 3 atom stereocenters. The predicted octanol–water partition coefficient (Wildman–Crippen LogP) is 19.7. The number of hydrogen-bond acceptors (Lipinski definition) is 16. The molecule has 0 bridgehead atoms. The number of carbonyl (C=O) groups excluding carboxylic acids is 15. The van der Waals surface area contributed by atoms with Crippen molar-refractivity contribution in [2.75, 3.05) is 7.11 Å². The molecule has 738 valence electrons. The Hall–Kier alpha value is -15.7. The van der Waals surface area contributed by atoms with Gasteiger partial charge in [0.2, 0.25) is 59.1 Å². The molecule has 0 radical (unpaired) electrons. The minimum absolute atomic E-state index is 0.0498. The van der Waals surface area contributed by atoms with Crippen LogP contribution in [0.2, 0.25) is 0 Å². The van der Waals surface area contributed by atoms with Gasteiger partial charge in [0.1, 0.15) is 35.3 Å². The standard InChI is InChI=1S/C25H22N2O4.2C24H20N2O3.C23H30N2O3.C22H28N2O3/c1-31-20-14-12-17(13-15-20)16-21-23(28)26-25(30)27(24(21)29)22(18-8-4-2-5-9-18)19-10-6-3-7-11-19;27-22-21(20(18-12-6-2-7-13-18)19-14-8-3-9-15-19)23(28)26(24(29)25-22)16-17-10-4-1-5-11-17;27-22-20(16-17-10-4-1-5-11-17)23(28)26(24(29)25-22)21(18-12-6-2-7-13-18)19-14-8-3-9-15-19;26-21-20(16-17-10-4-1-5-11-17)22(27)25(19-14-8-3-9-15-19)23(28)24(21)18-12-6-2-7-13-18;25-20-19(16-10-4-1-5-11-16)21(26)24(18-14-8-3-9-15-18)22(27)23(20)17-12-6-2-7-13-17/h2-15,21-22H,16H2,1H3,(H,26,28,30);2*1-15,20-21H,16H2,(H,25,27,29);1,4-5,10-11,18-20H,2-3,6-9,12-16H2;1,4-5,10-11,17-19H,2-3,6-9,12-15H2. The smallest absolute Gasteiger partial charge is 0.333 e. The van der Waals surface area contributed by atoms with Crippen molar-refractivity contribution in [2.24, 2.45) is 23.7 Å². The number of hydrogen-bond donors (Lipinski definition) is 3. The summed E-state index contributed by atoms with van der Waals surface area (Å²) in [6, 6.07) is 96.7. The molecule has 3 unspecified atom stereocenters. The topological polar surface area (TPSA) is 324 Å². The van der Waals surface area contributed by atoms with E-state index >= 15 is 0 Å². The van der Waals surface area contributed by atoms with Crippen molar-refractivity contribution in [3.05, 3.63) is 389 Å². The van der Waals surface area contributed by atoms with E-state index in [4.69, 9.17) is 4.74 Å². The number of rotatable bonds is 23. The Morgan fingerprint density at radius 2 is 0.535 bits per heavy atom. The van der Waals surface area contributed by atoms with E-state index in [1.807, 2.05) is 315 Å². The molecule has 5 heterocycles. The number of carbonyl (C=O) groups is 15. The van der Waals surface area contributed by atoms with Gasteiger partial charge in [-0.05, 0) is 144 Å². The average Bonchev–Trinajstić information content (AvgIpc) is 0.758. The predicted molar refractivity (Wildman–Crippen MR) is 541 cm³/mol. The Kier molecular flexibility index (Phi) is 34.2. The van der Waals surface area contributed by atoms with E-state index in [0.717, 1.165) is 189 Å². The zero-order chi connectivity index (χ0) is 101. The van der Waals surface area contributed by atoms with Crippen LogP contribution in [0.15, 0.2) is 328 Å². The lowest BCUT2D eigenvalue weighted by Gasteiger charge is -2.45. The third kappa shape index (κ3) is 23.8.